The molecule has 1 aliphatic heterocycles. The zero-order chi connectivity index (χ0) is 12.3. The van der Waals surface area contributed by atoms with Gasteiger partial charge in [0.15, 0.2) is 0 Å². The minimum Gasteiger partial charge on any atom is -0.381 e. The highest BCUT2D eigenvalue weighted by atomic mass is 35.5. The molecule has 0 aromatic carbocycles. The first-order valence-corrected chi connectivity index (χ1v) is 7.30. The number of halogens is 1. The highest BCUT2D eigenvalue weighted by molar-refractivity contribution is 7.98. The molecule has 1 saturated heterocycles. The molecule has 96 valence electrons. The van der Waals surface area contributed by atoms with Crippen molar-refractivity contribution < 1.29 is 4.74 Å². The Hall–Kier alpha value is 0.01000. The van der Waals surface area contributed by atoms with Crippen molar-refractivity contribution in [2.24, 2.45) is 5.92 Å². The standard InChI is InChI=1S/C11H18ClN3OS/c1-16-8-4-2-7(3-5-8)14-11-9(6-13)10(12)15-17-11/h7-11,14-15H,2-5H2,1H3. The molecule has 6 heteroatoms. The van der Waals surface area contributed by atoms with Gasteiger partial charge in [-0.1, -0.05) is 11.9 Å². The van der Waals surface area contributed by atoms with E-state index in [1.165, 1.54) is 11.9 Å². The summed E-state index contributed by atoms with van der Waals surface area (Å²) >= 11 is 7.56. The first-order valence-electron chi connectivity index (χ1n) is 5.98. The summed E-state index contributed by atoms with van der Waals surface area (Å²) in [7, 11) is 1.78. The van der Waals surface area contributed by atoms with Gasteiger partial charge in [-0.15, -0.1) is 11.6 Å². The van der Waals surface area contributed by atoms with E-state index >= 15 is 0 Å². The molecule has 1 aliphatic carbocycles. The zero-order valence-electron chi connectivity index (χ0n) is 9.86. The van der Waals surface area contributed by atoms with Crippen LogP contribution in [0.25, 0.3) is 0 Å². The molecule has 0 bridgehead atoms. The predicted octanol–water partition coefficient (Wildman–Crippen LogP) is 1.82. The van der Waals surface area contributed by atoms with Crippen LogP contribution in [0, 0.1) is 17.2 Å². The highest BCUT2D eigenvalue weighted by Crippen LogP contribution is 2.31. The number of methoxy groups -OCH3 is 1. The van der Waals surface area contributed by atoms with Crippen LogP contribution >= 0.6 is 23.5 Å². The molecular weight excluding hydrogens is 258 g/mol. The van der Waals surface area contributed by atoms with Crippen LogP contribution in [0.4, 0.5) is 0 Å². The van der Waals surface area contributed by atoms with E-state index in [1.807, 2.05) is 0 Å². The summed E-state index contributed by atoms with van der Waals surface area (Å²) in [5, 5.41) is 12.7. The van der Waals surface area contributed by atoms with Crippen LogP contribution in [-0.2, 0) is 4.74 Å². The first-order chi connectivity index (χ1) is 8.24. The van der Waals surface area contributed by atoms with Crippen LogP contribution in [0.3, 0.4) is 0 Å². The minimum atomic E-state index is -0.252. The van der Waals surface area contributed by atoms with Gasteiger partial charge in [-0.25, -0.2) is 4.72 Å². The normalized spacial score (nSPS) is 42.3. The Morgan fingerprint density at radius 3 is 2.71 bits per heavy atom. The molecule has 3 unspecified atom stereocenters. The smallest absolute Gasteiger partial charge is 0.110 e. The van der Waals surface area contributed by atoms with Crippen LogP contribution < -0.4 is 10.0 Å². The number of nitriles is 1. The molecule has 2 fully saturated rings. The van der Waals surface area contributed by atoms with Crippen molar-refractivity contribution in [3.8, 4) is 6.07 Å². The third kappa shape index (κ3) is 3.27. The molecule has 1 heterocycles. The summed E-state index contributed by atoms with van der Waals surface area (Å²) in [5.74, 6) is -0.165. The van der Waals surface area contributed by atoms with E-state index in [0.717, 1.165) is 25.7 Å². The lowest BCUT2D eigenvalue weighted by molar-refractivity contribution is 0.0619. The molecule has 2 aliphatic rings. The van der Waals surface area contributed by atoms with E-state index in [9.17, 15) is 0 Å². The Morgan fingerprint density at radius 1 is 1.41 bits per heavy atom. The minimum absolute atomic E-state index is 0.103. The fourth-order valence-corrected chi connectivity index (χ4v) is 3.90. The molecule has 0 aromatic rings. The first kappa shape index (κ1) is 13.4. The van der Waals surface area contributed by atoms with Gasteiger partial charge in [0.05, 0.1) is 17.5 Å². The fraction of sp³-hybridized carbons (Fsp3) is 0.909. The van der Waals surface area contributed by atoms with Crippen molar-refractivity contribution in [1.29, 1.82) is 5.26 Å². The Morgan fingerprint density at radius 2 is 2.12 bits per heavy atom. The van der Waals surface area contributed by atoms with Gasteiger partial charge in [0.2, 0.25) is 0 Å². The van der Waals surface area contributed by atoms with E-state index in [2.05, 4.69) is 16.1 Å². The number of rotatable bonds is 3. The quantitative estimate of drug-likeness (QED) is 0.467. The number of ether oxygens (including phenoxy) is 1. The zero-order valence-corrected chi connectivity index (χ0v) is 11.4. The molecule has 1 saturated carbocycles. The summed E-state index contributed by atoms with van der Waals surface area (Å²) in [6.07, 6.45) is 4.83. The summed E-state index contributed by atoms with van der Waals surface area (Å²) in [4.78, 5) is 0. The maximum atomic E-state index is 9.07. The van der Waals surface area contributed by atoms with E-state index in [0.29, 0.717) is 12.1 Å². The molecule has 4 nitrogen and oxygen atoms in total. The van der Waals surface area contributed by atoms with Crippen molar-refractivity contribution in [3.63, 3.8) is 0 Å². The molecular formula is C11H18ClN3OS. The second kappa shape index (κ2) is 6.26. The van der Waals surface area contributed by atoms with Crippen LogP contribution in [0.2, 0.25) is 0 Å². The maximum Gasteiger partial charge on any atom is 0.110 e. The summed E-state index contributed by atoms with van der Waals surface area (Å²) in [6.45, 7) is 0. The average Bonchev–Trinajstić information content (AvgIpc) is 2.71. The number of hydrogen-bond acceptors (Lipinski definition) is 5. The van der Waals surface area contributed by atoms with Gasteiger partial charge in [-0.3, -0.25) is 0 Å². The highest BCUT2D eigenvalue weighted by Gasteiger charge is 2.37. The largest absolute Gasteiger partial charge is 0.381 e. The molecule has 3 atom stereocenters. The van der Waals surface area contributed by atoms with Crippen LogP contribution in [-0.4, -0.2) is 30.1 Å². The van der Waals surface area contributed by atoms with Gasteiger partial charge >= 0.3 is 0 Å². The molecule has 2 N–H and O–H groups in total. The van der Waals surface area contributed by atoms with Gasteiger partial charge in [-0.2, -0.15) is 5.26 Å². The lowest BCUT2D eigenvalue weighted by Gasteiger charge is -2.30. The van der Waals surface area contributed by atoms with Gasteiger partial charge < -0.3 is 10.1 Å². The van der Waals surface area contributed by atoms with Gasteiger partial charge in [0.25, 0.3) is 0 Å². The van der Waals surface area contributed by atoms with E-state index in [1.54, 1.807) is 7.11 Å². The summed E-state index contributed by atoms with van der Waals surface area (Å²) in [5.41, 5.74) is -0.252. The summed E-state index contributed by atoms with van der Waals surface area (Å²) < 4.78 is 8.40. The third-order valence-electron chi connectivity index (χ3n) is 3.51. The Balaban J connectivity index is 1.80. The maximum absolute atomic E-state index is 9.07. The van der Waals surface area contributed by atoms with Gasteiger partial charge in [0.1, 0.15) is 11.4 Å². The molecule has 17 heavy (non-hydrogen) atoms. The van der Waals surface area contributed by atoms with Crippen LogP contribution in [0.1, 0.15) is 25.7 Å². The predicted molar refractivity (Wildman–Crippen MR) is 69.4 cm³/mol. The lowest BCUT2D eigenvalue weighted by atomic mass is 9.92. The second-order valence-electron chi connectivity index (χ2n) is 4.59. The monoisotopic (exact) mass is 275 g/mol. The molecule has 0 spiro atoms. The Kier molecular flexibility index (Phi) is 4.95. The SMILES string of the molecule is COC1CCC(NC2SNC(Cl)C2C#N)CC1. The molecule has 0 amide bonds. The van der Waals surface area contributed by atoms with Crippen LogP contribution in [0.15, 0.2) is 0 Å². The number of nitrogens with one attached hydrogen (secondary N) is 2. The van der Waals surface area contributed by atoms with Crippen molar-refractivity contribution in [2.45, 2.75) is 48.7 Å². The van der Waals surface area contributed by atoms with Crippen LogP contribution in [0.5, 0.6) is 0 Å². The van der Waals surface area contributed by atoms with E-state index in [4.69, 9.17) is 21.6 Å². The molecule has 0 aromatic heterocycles. The lowest BCUT2D eigenvalue weighted by Crippen LogP contribution is -2.42. The fourth-order valence-electron chi connectivity index (χ4n) is 2.41. The van der Waals surface area contributed by atoms with E-state index < -0.39 is 0 Å². The number of hydrogen-bond donors (Lipinski definition) is 2. The third-order valence-corrected chi connectivity index (χ3v) is 5.09. The van der Waals surface area contributed by atoms with Crippen molar-refractivity contribution >= 4 is 23.5 Å². The Labute approximate surface area is 112 Å². The Bertz CT molecular complexity index is 291. The van der Waals surface area contributed by atoms with Crippen molar-refractivity contribution in [3.05, 3.63) is 0 Å². The van der Waals surface area contributed by atoms with Gasteiger partial charge in [0, 0.05) is 13.2 Å². The summed E-state index contributed by atoms with van der Waals surface area (Å²) in [6, 6.07) is 2.76. The molecule has 0 radical (unpaired) electrons. The average molecular weight is 276 g/mol. The van der Waals surface area contributed by atoms with Crippen molar-refractivity contribution in [2.75, 3.05) is 7.11 Å². The second-order valence-corrected chi connectivity index (χ2v) is 6.04. The van der Waals surface area contributed by atoms with Crippen molar-refractivity contribution in [1.82, 2.24) is 10.0 Å². The number of alkyl halides is 1. The van der Waals surface area contributed by atoms with Gasteiger partial charge in [-0.05, 0) is 25.7 Å². The number of nitrogens with zero attached hydrogens (tertiary/aromatic N) is 1. The van der Waals surface area contributed by atoms with E-state index in [-0.39, 0.29) is 16.8 Å². The topological polar surface area (TPSA) is 57.1 Å². The molecule has 2 rings (SSSR count).